The predicted molar refractivity (Wildman–Crippen MR) is 84.9 cm³/mol. The number of pyridine rings is 2. The first-order valence-electron chi connectivity index (χ1n) is 6.28. The van der Waals surface area contributed by atoms with E-state index >= 15 is 0 Å². The maximum Gasteiger partial charge on any atom is 0.253 e. The van der Waals surface area contributed by atoms with Gasteiger partial charge in [-0.15, -0.1) is 0 Å². The number of hydrogen-bond acceptors (Lipinski definition) is 3. The number of carbonyl (C=O) groups is 1. The van der Waals surface area contributed by atoms with E-state index in [2.05, 4.69) is 9.97 Å². The lowest BCUT2D eigenvalue weighted by atomic mass is 10.0. The molecule has 3 aromatic rings. The van der Waals surface area contributed by atoms with Crippen molar-refractivity contribution in [3.63, 3.8) is 0 Å². The van der Waals surface area contributed by atoms with Crippen molar-refractivity contribution in [3.05, 3.63) is 58.9 Å². The maximum absolute atomic E-state index is 11.7. The quantitative estimate of drug-likeness (QED) is 0.647. The molecular formula is C16H10Cl2N2O. The van der Waals surface area contributed by atoms with Crippen molar-refractivity contribution in [2.24, 2.45) is 0 Å². The van der Waals surface area contributed by atoms with Crippen molar-refractivity contribution in [3.8, 4) is 11.3 Å². The summed E-state index contributed by atoms with van der Waals surface area (Å²) in [4.78, 5) is 20.3. The Kier molecular flexibility index (Phi) is 3.62. The molecular weight excluding hydrogens is 307 g/mol. The highest BCUT2D eigenvalue weighted by molar-refractivity contribution is 6.68. The smallest absolute Gasteiger partial charge is 0.253 e. The number of hydrogen-bond donors (Lipinski definition) is 0. The van der Waals surface area contributed by atoms with Crippen LogP contribution in [0.15, 0.2) is 42.7 Å². The van der Waals surface area contributed by atoms with E-state index in [1.165, 1.54) is 0 Å². The fourth-order valence-corrected chi connectivity index (χ4v) is 2.55. The maximum atomic E-state index is 11.7. The predicted octanol–water partition coefficient (Wildman–Crippen LogP) is 4.64. The molecule has 0 unspecified atom stereocenters. The summed E-state index contributed by atoms with van der Waals surface area (Å²) >= 11 is 11.9. The molecule has 3 nitrogen and oxygen atoms in total. The highest BCUT2D eigenvalue weighted by Gasteiger charge is 2.14. The summed E-state index contributed by atoms with van der Waals surface area (Å²) in [6.07, 6.45) is 3.35. The average molecular weight is 317 g/mol. The van der Waals surface area contributed by atoms with Gasteiger partial charge in [0.1, 0.15) is 0 Å². The molecule has 1 aromatic carbocycles. The van der Waals surface area contributed by atoms with E-state index in [9.17, 15) is 4.79 Å². The van der Waals surface area contributed by atoms with Gasteiger partial charge in [-0.25, -0.2) is 4.98 Å². The lowest BCUT2D eigenvalue weighted by Crippen LogP contribution is -1.97. The van der Waals surface area contributed by atoms with E-state index in [0.29, 0.717) is 27.2 Å². The average Bonchev–Trinajstić information content (AvgIpc) is 2.51. The number of carbonyl (C=O) groups excluding carboxylic acids is 1. The number of rotatable bonds is 2. The van der Waals surface area contributed by atoms with Crippen molar-refractivity contribution in [2.45, 2.75) is 6.92 Å². The molecule has 2 heterocycles. The van der Waals surface area contributed by atoms with E-state index in [0.717, 1.165) is 11.1 Å². The van der Waals surface area contributed by atoms with Crippen LogP contribution in [-0.4, -0.2) is 15.2 Å². The molecule has 0 N–H and O–H groups in total. The van der Waals surface area contributed by atoms with Crippen LogP contribution in [-0.2, 0) is 0 Å². The third kappa shape index (κ3) is 2.50. The van der Waals surface area contributed by atoms with Crippen LogP contribution in [0, 0.1) is 6.92 Å². The standard InChI is InChI=1S/C16H10Cl2N2O/c1-9-13(17)3-2-11-12(16(18)21)8-14(20-15(9)11)10-4-6-19-7-5-10/h2-8H,1H3. The Morgan fingerprint density at radius 3 is 2.52 bits per heavy atom. The van der Waals surface area contributed by atoms with Gasteiger partial charge in [0, 0.05) is 33.9 Å². The van der Waals surface area contributed by atoms with Gasteiger partial charge in [-0.1, -0.05) is 17.7 Å². The molecule has 2 aromatic heterocycles. The first-order chi connectivity index (χ1) is 10.1. The summed E-state index contributed by atoms with van der Waals surface area (Å²) in [6.45, 7) is 1.87. The Hall–Kier alpha value is -1.97. The topological polar surface area (TPSA) is 42.9 Å². The van der Waals surface area contributed by atoms with E-state index in [4.69, 9.17) is 23.2 Å². The Morgan fingerprint density at radius 1 is 1.14 bits per heavy atom. The van der Waals surface area contributed by atoms with Gasteiger partial charge in [0.25, 0.3) is 5.24 Å². The molecule has 3 rings (SSSR count). The molecule has 5 heteroatoms. The summed E-state index contributed by atoms with van der Waals surface area (Å²) in [5.41, 5.74) is 3.46. The summed E-state index contributed by atoms with van der Waals surface area (Å²) < 4.78 is 0. The summed E-state index contributed by atoms with van der Waals surface area (Å²) in [5, 5.41) is 0.795. The molecule has 0 aliphatic rings. The number of fused-ring (bicyclic) bond motifs is 1. The number of benzene rings is 1. The molecule has 0 bridgehead atoms. The number of aromatic nitrogens is 2. The Morgan fingerprint density at radius 2 is 1.86 bits per heavy atom. The van der Waals surface area contributed by atoms with Gasteiger partial charge >= 0.3 is 0 Å². The molecule has 0 spiro atoms. The van der Waals surface area contributed by atoms with Gasteiger partial charge in [0.2, 0.25) is 0 Å². The van der Waals surface area contributed by atoms with Crippen molar-refractivity contribution >= 4 is 39.3 Å². The zero-order valence-corrected chi connectivity index (χ0v) is 12.6. The van der Waals surface area contributed by atoms with Crippen LogP contribution in [0.1, 0.15) is 15.9 Å². The minimum absolute atomic E-state index is 0.424. The first kappa shape index (κ1) is 14.0. The van der Waals surface area contributed by atoms with E-state index < -0.39 is 5.24 Å². The second kappa shape index (κ2) is 5.43. The van der Waals surface area contributed by atoms with E-state index in [1.54, 1.807) is 30.6 Å². The van der Waals surface area contributed by atoms with Crippen molar-refractivity contribution in [1.29, 1.82) is 0 Å². The third-order valence-electron chi connectivity index (χ3n) is 3.36. The minimum Gasteiger partial charge on any atom is -0.276 e. The Bertz CT molecular complexity index is 848. The van der Waals surface area contributed by atoms with Gasteiger partial charge in [0.05, 0.1) is 11.2 Å². The van der Waals surface area contributed by atoms with Crippen LogP contribution in [0.2, 0.25) is 5.02 Å². The van der Waals surface area contributed by atoms with Crippen molar-refractivity contribution in [2.75, 3.05) is 0 Å². The fraction of sp³-hybridized carbons (Fsp3) is 0.0625. The zero-order valence-electron chi connectivity index (χ0n) is 11.1. The number of nitrogens with zero attached hydrogens (tertiary/aromatic N) is 2. The fourth-order valence-electron chi connectivity index (χ4n) is 2.24. The monoisotopic (exact) mass is 316 g/mol. The van der Waals surface area contributed by atoms with Crippen LogP contribution in [0.3, 0.4) is 0 Å². The largest absolute Gasteiger partial charge is 0.276 e. The molecule has 0 radical (unpaired) electrons. The molecule has 0 fully saturated rings. The summed E-state index contributed by atoms with van der Waals surface area (Å²) in [7, 11) is 0. The highest BCUT2D eigenvalue weighted by Crippen LogP contribution is 2.30. The Balaban J connectivity index is 2.39. The SMILES string of the molecule is Cc1c(Cl)ccc2c(C(=O)Cl)cc(-c3ccncc3)nc12. The van der Waals surface area contributed by atoms with Crippen molar-refractivity contribution < 1.29 is 4.79 Å². The minimum atomic E-state index is -0.514. The van der Waals surface area contributed by atoms with Crippen molar-refractivity contribution in [1.82, 2.24) is 9.97 Å². The van der Waals surface area contributed by atoms with Gasteiger partial charge in [-0.05, 0) is 48.4 Å². The second-order valence-corrected chi connectivity index (χ2v) is 5.38. The lowest BCUT2D eigenvalue weighted by molar-refractivity contribution is 0.108. The molecule has 0 aliphatic heterocycles. The van der Waals surface area contributed by atoms with E-state index in [-0.39, 0.29) is 0 Å². The molecule has 0 saturated carbocycles. The van der Waals surface area contributed by atoms with Gasteiger partial charge in [-0.3, -0.25) is 9.78 Å². The molecule has 0 saturated heterocycles. The first-order valence-corrected chi connectivity index (χ1v) is 7.03. The van der Waals surface area contributed by atoms with Crippen LogP contribution < -0.4 is 0 Å². The van der Waals surface area contributed by atoms with Gasteiger partial charge < -0.3 is 0 Å². The summed E-state index contributed by atoms with van der Waals surface area (Å²) in [5.74, 6) is 0. The molecule has 0 atom stereocenters. The zero-order chi connectivity index (χ0) is 15.0. The third-order valence-corrected chi connectivity index (χ3v) is 3.97. The Labute approximate surface area is 131 Å². The van der Waals surface area contributed by atoms with Crippen LogP contribution >= 0.6 is 23.2 Å². The lowest BCUT2D eigenvalue weighted by Gasteiger charge is -2.10. The van der Waals surface area contributed by atoms with E-state index in [1.807, 2.05) is 19.1 Å². The van der Waals surface area contributed by atoms with Crippen LogP contribution in [0.25, 0.3) is 22.2 Å². The van der Waals surface area contributed by atoms with Gasteiger partial charge in [-0.2, -0.15) is 0 Å². The second-order valence-electron chi connectivity index (χ2n) is 4.63. The number of aryl methyl sites for hydroxylation is 1. The molecule has 104 valence electrons. The van der Waals surface area contributed by atoms with Crippen LogP contribution in [0.4, 0.5) is 0 Å². The molecule has 0 amide bonds. The van der Waals surface area contributed by atoms with Gasteiger partial charge in [0.15, 0.2) is 0 Å². The normalized spacial score (nSPS) is 10.8. The highest BCUT2D eigenvalue weighted by atomic mass is 35.5. The molecule has 21 heavy (non-hydrogen) atoms. The molecule has 0 aliphatic carbocycles. The number of halogens is 2. The van der Waals surface area contributed by atoms with Crippen LogP contribution in [0.5, 0.6) is 0 Å². The summed E-state index contributed by atoms with van der Waals surface area (Å²) in [6, 6.07) is 8.87.